The van der Waals surface area contributed by atoms with Gasteiger partial charge in [0.15, 0.2) is 11.5 Å². The molecule has 3 rings (SSSR count). The Balaban J connectivity index is 1.98. The van der Waals surface area contributed by atoms with Gasteiger partial charge < -0.3 is 24.3 Å². The fourth-order valence-electron chi connectivity index (χ4n) is 4.74. The van der Waals surface area contributed by atoms with E-state index in [4.69, 9.17) is 18.9 Å². The van der Waals surface area contributed by atoms with Crippen LogP contribution >= 0.6 is 0 Å². The number of nitrogens with one attached hydrogen (secondary N) is 1. The minimum absolute atomic E-state index is 0.129. The lowest BCUT2D eigenvalue weighted by Gasteiger charge is -2.39. The van der Waals surface area contributed by atoms with Crippen LogP contribution in [0.2, 0.25) is 0 Å². The zero-order valence-electron chi connectivity index (χ0n) is 21.8. The Morgan fingerprint density at radius 3 is 2.25 bits per heavy atom. The van der Waals surface area contributed by atoms with Crippen molar-refractivity contribution in [1.82, 2.24) is 15.1 Å². The van der Waals surface area contributed by atoms with Crippen LogP contribution < -0.4 is 14.8 Å². The molecule has 1 atom stereocenters. The summed E-state index contributed by atoms with van der Waals surface area (Å²) in [7, 11) is 3.08. The van der Waals surface area contributed by atoms with Gasteiger partial charge in [0.25, 0.3) is 0 Å². The van der Waals surface area contributed by atoms with Crippen LogP contribution in [0.4, 0.5) is 4.79 Å². The molecule has 0 spiro atoms. The Labute approximate surface area is 212 Å². The number of amides is 2. The van der Waals surface area contributed by atoms with Crippen molar-refractivity contribution in [2.45, 2.75) is 39.7 Å². The Hall–Kier alpha value is -3.27. The highest BCUT2D eigenvalue weighted by Gasteiger charge is 2.39. The lowest BCUT2D eigenvalue weighted by Crippen LogP contribution is -2.51. The first-order valence-electron chi connectivity index (χ1n) is 12.5. The molecule has 2 aliphatic heterocycles. The first-order valence-corrected chi connectivity index (χ1v) is 12.5. The van der Waals surface area contributed by atoms with E-state index >= 15 is 0 Å². The number of benzene rings is 1. The fourth-order valence-corrected chi connectivity index (χ4v) is 4.74. The monoisotopic (exact) mass is 503 g/mol. The van der Waals surface area contributed by atoms with Gasteiger partial charge in [-0.3, -0.25) is 14.6 Å². The minimum atomic E-state index is -0.716. The molecule has 1 aromatic rings. The Kier molecular flexibility index (Phi) is 9.58. The van der Waals surface area contributed by atoms with Gasteiger partial charge in [0, 0.05) is 18.8 Å². The molecule has 198 valence electrons. The lowest BCUT2D eigenvalue weighted by molar-refractivity contribution is -0.149. The molecule has 0 saturated carbocycles. The van der Waals surface area contributed by atoms with E-state index in [1.54, 1.807) is 44.1 Å². The van der Waals surface area contributed by atoms with Gasteiger partial charge in [0.05, 0.1) is 45.0 Å². The van der Waals surface area contributed by atoms with Crippen LogP contribution in [-0.4, -0.2) is 81.4 Å². The van der Waals surface area contributed by atoms with E-state index in [1.807, 2.05) is 6.92 Å². The van der Waals surface area contributed by atoms with Crippen molar-refractivity contribution < 1.29 is 33.3 Å². The summed E-state index contributed by atoms with van der Waals surface area (Å²) in [6, 6.07) is 4.30. The number of ether oxygens (including phenoxy) is 4. The predicted octanol–water partition coefficient (Wildman–Crippen LogP) is 2.88. The number of methoxy groups -OCH3 is 2. The van der Waals surface area contributed by atoms with Gasteiger partial charge in [-0.2, -0.15) is 0 Å². The van der Waals surface area contributed by atoms with E-state index in [0.717, 1.165) is 0 Å². The molecule has 1 saturated heterocycles. The molecule has 2 heterocycles. The van der Waals surface area contributed by atoms with Gasteiger partial charge in [0.2, 0.25) is 0 Å². The third-order valence-corrected chi connectivity index (χ3v) is 6.57. The zero-order chi connectivity index (χ0) is 26.2. The number of nitrogens with zero attached hydrogens (tertiary/aromatic N) is 2. The Morgan fingerprint density at radius 2 is 1.67 bits per heavy atom. The number of carbonyl (C=O) groups excluding carboxylic acids is 3. The SMILES string of the molecule is CCOC(=O)C1=C(CN2CCC(C(=O)OCC)CC2)N(CC)C(=O)N[C@@H]1c1ccc(OC)c(OC)c1. The lowest BCUT2D eigenvalue weighted by atomic mass is 9.92. The number of rotatable bonds is 10. The topological polar surface area (TPSA) is 107 Å². The van der Waals surface area contributed by atoms with Gasteiger partial charge >= 0.3 is 18.0 Å². The quantitative estimate of drug-likeness (QED) is 0.486. The highest BCUT2D eigenvalue weighted by atomic mass is 16.5. The summed E-state index contributed by atoms with van der Waals surface area (Å²) in [5, 5.41) is 2.97. The molecule has 1 fully saturated rings. The summed E-state index contributed by atoms with van der Waals surface area (Å²) in [5.74, 6) is 0.269. The molecule has 10 nitrogen and oxygen atoms in total. The second kappa shape index (κ2) is 12.6. The van der Waals surface area contributed by atoms with Crippen molar-refractivity contribution >= 4 is 18.0 Å². The van der Waals surface area contributed by atoms with Crippen LogP contribution in [0, 0.1) is 5.92 Å². The third kappa shape index (κ3) is 5.92. The van der Waals surface area contributed by atoms with Gasteiger partial charge in [0.1, 0.15) is 0 Å². The van der Waals surface area contributed by atoms with E-state index in [9.17, 15) is 14.4 Å². The van der Waals surface area contributed by atoms with Crippen molar-refractivity contribution in [3.63, 3.8) is 0 Å². The van der Waals surface area contributed by atoms with Crippen LogP contribution in [0.25, 0.3) is 0 Å². The molecule has 10 heteroatoms. The zero-order valence-corrected chi connectivity index (χ0v) is 21.8. The summed E-state index contributed by atoms with van der Waals surface area (Å²) in [4.78, 5) is 42.4. The van der Waals surface area contributed by atoms with Gasteiger partial charge in [-0.15, -0.1) is 0 Å². The van der Waals surface area contributed by atoms with Crippen LogP contribution in [0.3, 0.4) is 0 Å². The first kappa shape index (κ1) is 27.3. The molecule has 0 aromatic heterocycles. The summed E-state index contributed by atoms with van der Waals surface area (Å²) in [6.45, 7) is 8.09. The minimum Gasteiger partial charge on any atom is -0.493 e. The van der Waals surface area contributed by atoms with Crippen LogP contribution in [0.5, 0.6) is 11.5 Å². The van der Waals surface area contributed by atoms with Crippen LogP contribution in [0.1, 0.15) is 45.2 Å². The Morgan fingerprint density at radius 1 is 1.00 bits per heavy atom. The molecule has 2 aliphatic rings. The number of urea groups is 1. The van der Waals surface area contributed by atoms with E-state index in [2.05, 4.69) is 10.2 Å². The highest BCUT2D eigenvalue weighted by Crippen LogP contribution is 2.36. The van der Waals surface area contributed by atoms with Crippen molar-refractivity contribution in [3.8, 4) is 11.5 Å². The number of piperidine rings is 1. The number of likely N-dealkylation sites (N-methyl/N-ethyl adjacent to an activating group) is 1. The second-order valence-corrected chi connectivity index (χ2v) is 8.62. The summed E-state index contributed by atoms with van der Waals surface area (Å²) >= 11 is 0. The molecule has 1 N–H and O–H groups in total. The molecule has 36 heavy (non-hydrogen) atoms. The van der Waals surface area contributed by atoms with Crippen LogP contribution in [0.15, 0.2) is 29.5 Å². The first-order chi connectivity index (χ1) is 17.4. The average Bonchev–Trinajstić information content (AvgIpc) is 2.88. The molecular formula is C26H37N3O7. The smallest absolute Gasteiger partial charge is 0.338 e. The van der Waals surface area contributed by atoms with Gasteiger partial charge in [-0.05, 0) is 64.4 Å². The number of likely N-dealkylation sites (tertiary alicyclic amines) is 1. The molecule has 0 aliphatic carbocycles. The number of hydrogen-bond donors (Lipinski definition) is 1. The van der Waals surface area contributed by atoms with Crippen molar-refractivity contribution in [1.29, 1.82) is 0 Å². The number of carbonyl (C=O) groups is 3. The fraction of sp³-hybridized carbons (Fsp3) is 0.577. The maximum Gasteiger partial charge on any atom is 0.338 e. The number of esters is 2. The molecule has 0 radical (unpaired) electrons. The summed E-state index contributed by atoms with van der Waals surface area (Å²) in [6.07, 6.45) is 1.33. The van der Waals surface area contributed by atoms with Crippen molar-refractivity contribution in [2.75, 3.05) is 53.6 Å². The normalized spacial score (nSPS) is 19.1. The van der Waals surface area contributed by atoms with E-state index in [-0.39, 0.29) is 24.5 Å². The Bertz CT molecular complexity index is 986. The summed E-state index contributed by atoms with van der Waals surface area (Å²) in [5.41, 5.74) is 1.67. The maximum atomic E-state index is 13.3. The van der Waals surface area contributed by atoms with E-state index < -0.39 is 12.0 Å². The predicted molar refractivity (Wildman–Crippen MR) is 133 cm³/mol. The molecule has 0 unspecified atom stereocenters. The second-order valence-electron chi connectivity index (χ2n) is 8.62. The number of hydrogen-bond acceptors (Lipinski definition) is 8. The van der Waals surface area contributed by atoms with Crippen molar-refractivity contribution in [2.24, 2.45) is 5.92 Å². The summed E-state index contributed by atoms with van der Waals surface area (Å²) < 4.78 is 21.4. The molecule has 1 aromatic carbocycles. The van der Waals surface area contributed by atoms with Crippen molar-refractivity contribution in [3.05, 3.63) is 35.0 Å². The highest BCUT2D eigenvalue weighted by molar-refractivity contribution is 5.95. The molecule has 2 amide bonds. The average molecular weight is 504 g/mol. The van der Waals surface area contributed by atoms with E-state index in [0.29, 0.717) is 74.0 Å². The van der Waals surface area contributed by atoms with Gasteiger partial charge in [-0.1, -0.05) is 6.07 Å². The standard InChI is InChI=1S/C26H37N3O7/c1-6-29-19(16-28-13-11-17(12-14-28)24(30)35-7-2)22(25(31)36-8-3)23(27-26(29)32)18-9-10-20(33-4)21(15-18)34-5/h9-10,15,17,23H,6-8,11-14,16H2,1-5H3,(H,27,32)/t23-/m1/s1. The molecular weight excluding hydrogens is 466 g/mol. The van der Waals surface area contributed by atoms with Crippen LogP contribution in [-0.2, 0) is 19.1 Å². The largest absolute Gasteiger partial charge is 0.493 e. The third-order valence-electron chi connectivity index (χ3n) is 6.57. The van der Waals surface area contributed by atoms with Gasteiger partial charge in [-0.25, -0.2) is 9.59 Å². The maximum absolute atomic E-state index is 13.3. The molecule has 0 bridgehead atoms. The van der Waals surface area contributed by atoms with E-state index in [1.165, 1.54) is 7.11 Å².